The summed E-state index contributed by atoms with van der Waals surface area (Å²) in [7, 11) is 0. The second-order valence-electron chi connectivity index (χ2n) is 4.84. The molecule has 20 heavy (non-hydrogen) atoms. The number of benzene rings is 1. The van der Waals surface area contributed by atoms with Gasteiger partial charge in [-0.05, 0) is 25.0 Å². The second kappa shape index (κ2) is 7.14. The number of nitrogens with one attached hydrogen (secondary N) is 1. The van der Waals surface area contributed by atoms with Gasteiger partial charge in [0.2, 0.25) is 5.91 Å². The lowest BCUT2D eigenvalue weighted by molar-refractivity contribution is -0.129. The molecule has 2 amide bonds. The molecule has 0 saturated heterocycles. The molecule has 0 bridgehead atoms. The fourth-order valence-electron chi connectivity index (χ4n) is 1.67. The van der Waals surface area contributed by atoms with Crippen LogP contribution in [-0.4, -0.2) is 24.5 Å². The Morgan fingerprint density at radius 3 is 2.60 bits per heavy atom. The highest BCUT2D eigenvalue weighted by Crippen LogP contribution is 2.24. The molecule has 0 heterocycles. The summed E-state index contributed by atoms with van der Waals surface area (Å²) in [5.74, 6) is -0.508. The summed E-state index contributed by atoms with van der Waals surface area (Å²) in [5, 5.41) is 3.12. The zero-order valence-electron chi connectivity index (χ0n) is 11.8. The predicted molar refractivity (Wildman–Crippen MR) is 77.6 cm³/mol. The first-order chi connectivity index (χ1) is 9.32. The van der Waals surface area contributed by atoms with Gasteiger partial charge < -0.3 is 15.8 Å². The van der Waals surface area contributed by atoms with Crippen LogP contribution in [0, 0.1) is 12.8 Å². The summed E-state index contributed by atoms with van der Waals surface area (Å²) in [6.07, 6.45) is 0. The Bertz CT molecular complexity index is 503. The molecule has 0 aromatic heterocycles. The van der Waals surface area contributed by atoms with Crippen LogP contribution < -0.4 is 15.8 Å². The molecule has 0 aliphatic rings. The number of ether oxygens (including phenoxy) is 1. The molecule has 0 radical (unpaired) electrons. The quantitative estimate of drug-likeness (QED) is 0.838. The van der Waals surface area contributed by atoms with Crippen LogP contribution in [0.2, 0.25) is 5.02 Å². The highest BCUT2D eigenvalue weighted by molar-refractivity contribution is 6.31. The average molecular weight is 299 g/mol. The van der Waals surface area contributed by atoms with Gasteiger partial charge in [-0.15, -0.1) is 0 Å². The first kappa shape index (κ1) is 16.3. The van der Waals surface area contributed by atoms with Crippen LogP contribution in [0.1, 0.15) is 19.4 Å². The van der Waals surface area contributed by atoms with Crippen molar-refractivity contribution in [1.82, 2.24) is 5.32 Å². The van der Waals surface area contributed by atoms with E-state index >= 15 is 0 Å². The number of rotatable bonds is 6. The minimum atomic E-state index is -0.702. The van der Waals surface area contributed by atoms with E-state index in [2.05, 4.69) is 5.32 Å². The molecule has 1 aromatic carbocycles. The topological polar surface area (TPSA) is 81.4 Å². The first-order valence-electron chi connectivity index (χ1n) is 6.29. The van der Waals surface area contributed by atoms with Crippen molar-refractivity contribution in [3.63, 3.8) is 0 Å². The van der Waals surface area contributed by atoms with Gasteiger partial charge in [-0.1, -0.05) is 31.5 Å². The van der Waals surface area contributed by atoms with Crippen LogP contribution in [0.4, 0.5) is 0 Å². The van der Waals surface area contributed by atoms with Crippen LogP contribution >= 0.6 is 11.6 Å². The van der Waals surface area contributed by atoms with E-state index in [1.54, 1.807) is 39.0 Å². The molecule has 3 N–H and O–H groups in total. The van der Waals surface area contributed by atoms with E-state index < -0.39 is 17.9 Å². The molecular formula is C14H19ClN2O3. The van der Waals surface area contributed by atoms with Crippen molar-refractivity contribution in [2.24, 2.45) is 11.7 Å². The highest BCUT2D eigenvalue weighted by Gasteiger charge is 2.21. The fraction of sp³-hybridized carbons (Fsp3) is 0.429. The number of primary amides is 1. The minimum Gasteiger partial charge on any atom is -0.483 e. The third-order valence-corrected chi connectivity index (χ3v) is 3.28. The van der Waals surface area contributed by atoms with Gasteiger partial charge in [-0.25, -0.2) is 0 Å². The smallest absolute Gasteiger partial charge is 0.258 e. The summed E-state index contributed by atoms with van der Waals surface area (Å²) in [5.41, 5.74) is 5.99. The van der Waals surface area contributed by atoms with E-state index in [-0.39, 0.29) is 12.5 Å². The third kappa shape index (κ3) is 4.42. The van der Waals surface area contributed by atoms with Crippen molar-refractivity contribution < 1.29 is 14.3 Å². The Balaban J connectivity index is 2.59. The number of nitrogens with two attached hydrogens (primary N) is 1. The minimum absolute atomic E-state index is 0.0793. The molecule has 0 fully saturated rings. The molecular weight excluding hydrogens is 280 g/mol. The zero-order chi connectivity index (χ0) is 15.3. The molecule has 1 atom stereocenters. The van der Waals surface area contributed by atoms with Crippen LogP contribution in [-0.2, 0) is 9.59 Å². The predicted octanol–water partition coefficient (Wildman–Crippen LogP) is 1.65. The molecule has 0 saturated carbocycles. The van der Waals surface area contributed by atoms with Crippen molar-refractivity contribution in [2.45, 2.75) is 26.8 Å². The summed E-state index contributed by atoms with van der Waals surface area (Å²) in [6, 6.07) is 4.50. The Kier molecular flexibility index (Phi) is 5.82. The third-order valence-electron chi connectivity index (χ3n) is 2.87. The largest absolute Gasteiger partial charge is 0.483 e. The lowest BCUT2D eigenvalue weighted by atomic mass is 10.0. The molecule has 1 rings (SSSR count). The number of carbonyl (C=O) groups excluding carboxylic acids is 2. The summed E-state index contributed by atoms with van der Waals surface area (Å²) >= 11 is 5.95. The lowest BCUT2D eigenvalue weighted by Crippen LogP contribution is -2.49. The molecule has 110 valence electrons. The fourth-order valence-corrected chi connectivity index (χ4v) is 1.83. The van der Waals surface area contributed by atoms with Gasteiger partial charge in [0.05, 0.1) is 0 Å². The van der Waals surface area contributed by atoms with Gasteiger partial charge >= 0.3 is 0 Å². The van der Waals surface area contributed by atoms with Crippen molar-refractivity contribution in [1.29, 1.82) is 0 Å². The summed E-state index contributed by atoms with van der Waals surface area (Å²) < 4.78 is 5.39. The second-order valence-corrected chi connectivity index (χ2v) is 5.25. The maximum atomic E-state index is 11.8. The number of hydrogen-bond acceptors (Lipinski definition) is 3. The number of amides is 2. The number of halogens is 1. The summed E-state index contributed by atoms with van der Waals surface area (Å²) in [4.78, 5) is 23.0. The SMILES string of the molecule is Cc1c(Cl)cccc1OCC(=O)NC(C(N)=O)C(C)C. The molecule has 1 aromatic rings. The van der Waals surface area contributed by atoms with Gasteiger partial charge in [-0.3, -0.25) is 9.59 Å². The highest BCUT2D eigenvalue weighted by atomic mass is 35.5. The molecule has 0 aliphatic carbocycles. The lowest BCUT2D eigenvalue weighted by Gasteiger charge is -2.19. The van der Waals surface area contributed by atoms with Crippen LogP contribution in [0.5, 0.6) is 5.75 Å². The number of hydrogen-bond donors (Lipinski definition) is 2. The Labute approximate surface area is 123 Å². The van der Waals surface area contributed by atoms with Crippen LogP contribution in [0.15, 0.2) is 18.2 Å². The monoisotopic (exact) mass is 298 g/mol. The number of carbonyl (C=O) groups is 2. The van der Waals surface area contributed by atoms with Crippen LogP contribution in [0.25, 0.3) is 0 Å². The van der Waals surface area contributed by atoms with Crippen molar-refractivity contribution >= 4 is 23.4 Å². The first-order valence-corrected chi connectivity index (χ1v) is 6.67. The van der Waals surface area contributed by atoms with Crippen molar-refractivity contribution in [3.8, 4) is 5.75 Å². The van der Waals surface area contributed by atoms with Gasteiger partial charge in [0, 0.05) is 10.6 Å². The van der Waals surface area contributed by atoms with Gasteiger partial charge in [0.25, 0.3) is 5.91 Å². The van der Waals surface area contributed by atoms with E-state index in [1.165, 1.54) is 0 Å². The van der Waals surface area contributed by atoms with Gasteiger partial charge in [0.15, 0.2) is 6.61 Å². The molecule has 6 heteroatoms. The van der Waals surface area contributed by atoms with E-state index in [0.29, 0.717) is 10.8 Å². The van der Waals surface area contributed by atoms with E-state index in [4.69, 9.17) is 22.1 Å². The van der Waals surface area contributed by atoms with E-state index in [1.807, 2.05) is 0 Å². The van der Waals surface area contributed by atoms with E-state index in [9.17, 15) is 9.59 Å². The Morgan fingerprint density at radius 1 is 1.40 bits per heavy atom. The van der Waals surface area contributed by atoms with Gasteiger partial charge in [0.1, 0.15) is 11.8 Å². The molecule has 0 spiro atoms. The van der Waals surface area contributed by atoms with Crippen molar-refractivity contribution in [3.05, 3.63) is 28.8 Å². The van der Waals surface area contributed by atoms with Crippen LogP contribution in [0.3, 0.4) is 0 Å². The zero-order valence-corrected chi connectivity index (χ0v) is 12.5. The molecule has 1 unspecified atom stereocenters. The standard InChI is InChI=1S/C14H19ClN2O3/c1-8(2)13(14(16)19)17-12(18)7-20-11-6-4-5-10(15)9(11)3/h4-6,8,13H,7H2,1-3H3,(H2,16,19)(H,17,18). The average Bonchev–Trinajstić information content (AvgIpc) is 2.37. The maximum absolute atomic E-state index is 11.8. The van der Waals surface area contributed by atoms with Gasteiger partial charge in [-0.2, -0.15) is 0 Å². The van der Waals surface area contributed by atoms with E-state index in [0.717, 1.165) is 5.56 Å². The van der Waals surface area contributed by atoms with Crippen molar-refractivity contribution in [2.75, 3.05) is 6.61 Å². The molecule has 5 nitrogen and oxygen atoms in total. The Hall–Kier alpha value is -1.75. The molecule has 0 aliphatic heterocycles. The normalized spacial score (nSPS) is 12.1. The maximum Gasteiger partial charge on any atom is 0.258 e. The Morgan fingerprint density at radius 2 is 2.05 bits per heavy atom. The summed E-state index contributed by atoms with van der Waals surface area (Å²) in [6.45, 7) is 5.21.